The average Bonchev–Trinajstić information content (AvgIpc) is 3.42. The summed E-state index contributed by atoms with van der Waals surface area (Å²) in [6.07, 6.45) is 1.72. The number of benzene rings is 2. The molecule has 0 saturated heterocycles. The van der Waals surface area contributed by atoms with Gasteiger partial charge in [-0.15, -0.1) is 0 Å². The Balaban J connectivity index is 1.41. The standard InChI is InChI=1S/C31H38N4O4/c1-18(2)16-25(29(36)32-14-9-15-39-19(3)4)34-30(37)26-17-23-20-10-7-8-13-24(20)33-27(23)28-21-11-5-6-12-22(21)31(38)35(26)28/h5-8,10-13,18-19,25-26,28,33H,9,14-17H2,1-4H3,(H,32,36)(H,34,37). The van der Waals surface area contributed by atoms with Gasteiger partial charge in [0.25, 0.3) is 5.91 Å². The molecule has 0 aliphatic carbocycles. The van der Waals surface area contributed by atoms with Crippen molar-refractivity contribution in [3.8, 4) is 0 Å². The summed E-state index contributed by atoms with van der Waals surface area (Å²) < 4.78 is 5.56. The predicted molar refractivity (Wildman–Crippen MR) is 150 cm³/mol. The first kappa shape index (κ1) is 26.9. The van der Waals surface area contributed by atoms with Crippen LogP contribution in [0.15, 0.2) is 48.5 Å². The van der Waals surface area contributed by atoms with Crippen LogP contribution in [0.1, 0.15) is 73.8 Å². The van der Waals surface area contributed by atoms with E-state index in [-0.39, 0.29) is 35.8 Å². The molecule has 3 atom stereocenters. The molecule has 8 heteroatoms. The molecule has 5 rings (SSSR count). The SMILES string of the molecule is CC(C)CC(NC(=O)C1Cc2c([nH]c3ccccc23)C2c3ccccc3C(=O)N12)C(=O)NCCCOC(C)C. The minimum absolute atomic E-state index is 0.144. The lowest BCUT2D eigenvalue weighted by molar-refractivity contribution is -0.132. The van der Waals surface area contributed by atoms with Crippen molar-refractivity contribution in [1.29, 1.82) is 0 Å². The number of hydrogen-bond acceptors (Lipinski definition) is 4. The van der Waals surface area contributed by atoms with E-state index in [0.717, 1.165) is 27.7 Å². The van der Waals surface area contributed by atoms with E-state index < -0.39 is 12.1 Å². The number of rotatable bonds is 10. The van der Waals surface area contributed by atoms with Crippen molar-refractivity contribution in [2.45, 2.75) is 71.2 Å². The van der Waals surface area contributed by atoms with Gasteiger partial charge in [0.05, 0.1) is 12.1 Å². The maximum Gasteiger partial charge on any atom is 0.255 e. The number of aromatic nitrogens is 1. The Morgan fingerprint density at radius 1 is 1.08 bits per heavy atom. The van der Waals surface area contributed by atoms with E-state index in [1.807, 2.05) is 70.2 Å². The quantitative estimate of drug-likeness (QED) is 0.344. The molecule has 0 fully saturated rings. The number of nitrogens with zero attached hydrogens (tertiary/aromatic N) is 1. The third kappa shape index (κ3) is 5.30. The molecule has 3 heterocycles. The highest BCUT2D eigenvalue weighted by molar-refractivity contribution is 6.04. The van der Waals surface area contributed by atoms with Crippen molar-refractivity contribution in [2.24, 2.45) is 5.92 Å². The predicted octanol–water partition coefficient (Wildman–Crippen LogP) is 4.10. The molecule has 0 saturated carbocycles. The Morgan fingerprint density at radius 2 is 1.82 bits per heavy atom. The van der Waals surface area contributed by atoms with E-state index in [4.69, 9.17) is 4.74 Å². The Bertz CT molecular complexity index is 1380. The number of ether oxygens (including phenoxy) is 1. The number of carbonyl (C=O) groups excluding carboxylic acids is 3. The lowest BCUT2D eigenvalue weighted by Gasteiger charge is -2.37. The fraction of sp³-hybridized carbons (Fsp3) is 0.452. The molecule has 39 heavy (non-hydrogen) atoms. The Morgan fingerprint density at radius 3 is 2.59 bits per heavy atom. The zero-order valence-electron chi connectivity index (χ0n) is 23.1. The van der Waals surface area contributed by atoms with E-state index in [1.165, 1.54) is 0 Å². The van der Waals surface area contributed by atoms with Crippen molar-refractivity contribution in [3.63, 3.8) is 0 Å². The largest absolute Gasteiger partial charge is 0.379 e. The summed E-state index contributed by atoms with van der Waals surface area (Å²) in [4.78, 5) is 46.0. The van der Waals surface area contributed by atoms with Gasteiger partial charge in [0, 0.05) is 41.7 Å². The van der Waals surface area contributed by atoms with E-state index >= 15 is 0 Å². The third-order valence-corrected chi connectivity index (χ3v) is 7.57. The van der Waals surface area contributed by atoms with Gasteiger partial charge in [0.2, 0.25) is 11.8 Å². The average molecular weight is 531 g/mol. The molecule has 206 valence electrons. The van der Waals surface area contributed by atoms with E-state index in [9.17, 15) is 14.4 Å². The van der Waals surface area contributed by atoms with Crippen molar-refractivity contribution >= 4 is 28.6 Å². The molecule has 3 unspecified atom stereocenters. The second-order valence-electron chi connectivity index (χ2n) is 11.2. The summed E-state index contributed by atoms with van der Waals surface area (Å²) in [6.45, 7) is 9.04. The van der Waals surface area contributed by atoms with Crippen LogP contribution in [0, 0.1) is 5.92 Å². The van der Waals surface area contributed by atoms with Gasteiger partial charge in [-0.05, 0) is 55.9 Å². The monoisotopic (exact) mass is 530 g/mol. The molecular weight excluding hydrogens is 492 g/mol. The van der Waals surface area contributed by atoms with Crippen LogP contribution in [0.4, 0.5) is 0 Å². The Labute approximate surface area is 229 Å². The maximum atomic E-state index is 13.9. The number of H-pyrrole nitrogens is 1. The molecule has 0 radical (unpaired) electrons. The highest BCUT2D eigenvalue weighted by atomic mass is 16.5. The van der Waals surface area contributed by atoms with Crippen molar-refractivity contribution in [1.82, 2.24) is 20.5 Å². The normalized spacial score (nSPS) is 18.7. The molecule has 2 aliphatic heterocycles. The second kappa shape index (κ2) is 11.2. The number of para-hydroxylation sites is 1. The molecule has 1 aromatic heterocycles. The van der Waals surface area contributed by atoms with Gasteiger partial charge >= 0.3 is 0 Å². The van der Waals surface area contributed by atoms with Crippen LogP contribution in [0.2, 0.25) is 0 Å². The van der Waals surface area contributed by atoms with Crippen LogP contribution in [0.5, 0.6) is 0 Å². The number of aromatic amines is 1. The minimum atomic E-state index is -0.733. The first-order valence-electron chi connectivity index (χ1n) is 14.0. The minimum Gasteiger partial charge on any atom is -0.379 e. The smallest absolute Gasteiger partial charge is 0.255 e. The molecule has 3 amide bonds. The molecule has 2 aromatic carbocycles. The lowest BCUT2D eigenvalue weighted by atomic mass is 9.89. The number of nitrogens with one attached hydrogen (secondary N) is 3. The summed E-state index contributed by atoms with van der Waals surface area (Å²) in [6, 6.07) is 13.8. The molecule has 2 aliphatic rings. The van der Waals surface area contributed by atoms with Gasteiger partial charge in [-0.3, -0.25) is 14.4 Å². The highest BCUT2D eigenvalue weighted by Crippen LogP contribution is 2.46. The number of hydrogen-bond donors (Lipinski definition) is 3. The molecule has 0 spiro atoms. The van der Waals surface area contributed by atoms with Crippen LogP contribution >= 0.6 is 0 Å². The van der Waals surface area contributed by atoms with Crippen LogP contribution in [0.3, 0.4) is 0 Å². The van der Waals surface area contributed by atoms with Gasteiger partial charge in [-0.2, -0.15) is 0 Å². The van der Waals surface area contributed by atoms with Gasteiger partial charge in [-0.1, -0.05) is 50.2 Å². The molecule has 0 bridgehead atoms. The van der Waals surface area contributed by atoms with E-state index in [1.54, 1.807) is 4.90 Å². The van der Waals surface area contributed by atoms with Crippen LogP contribution in [-0.2, 0) is 20.7 Å². The lowest BCUT2D eigenvalue weighted by Crippen LogP contribution is -2.56. The first-order chi connectivity index (χ1) is 18.8. The fourth-order valence-corrected chi connectivity index (χ4v) is 5.83. The molecule has 3 aromatic rings. The van der Waals surface area contributed by atoms with E-state index in [0.29, 0.717) is 38.0 Å². The number of carbonyl (C=O) groups is 3. The van der Waals surface area contributed by atoms with Gasteiger partial charge in [0.1, 0.15) is 12.1 Å². The zero-order valence-corrected chi connectivity index (χ0v) is 23.1. The number of amides is 3. The highest BCUT2D eigenvalue weighted by Gasteiger charge is 2.49. The Kier molecular flexibility index (Phi) is 7.75. The van der Waals surface area contributed by atoms with Crippen molar-refractivity contribution < 1.29 is 19.1 Å². The zero-order chi connectivity index (χ0) is 27.7. The summed E-state index contributed by atoms with van der Waals surface area (Å²) in [5.41, 5.74) is 4.50. The van der Waals surface area contributed by atoms with E-state index in [2.05, 4.69) is 21.7 Å². The molecule has 8 nitrogen and oxygen atoms in total. The summed E-state index contributed by atoms with van der Waals surface area (Å²) in [5, 5.41) is 7.03. The maximum absolute atomic E-state index is 13.9. The summed E-state index contributed by atoms with van der Waals surface area (Å²) in [7, 11) is 0. The number of fused-ring (bicyclic) bond motifs is 7. The van der Waals surface area contributed by atoms with Crippen LogP contribution in [-0.4, -0.2) is 58.9 Å². The third-order valence-electron chi connectivity index (χ3n) is 7.57. The summed E-state index contributed by atoms with van der Waals surface area (Å²) >= 11 is 0. The van der Waals surface area contributed by atoms with Gasteiger partial charge in [-0.25, -0.2) is 0 Å². The van der Waals surface area contributed by atoms with Gasteiger partial charge < -0.3 is 25.3 Å². The topological polar surface area (TPSA) is 104 Å². The van der Waals surface area contributed by atoms with Crippen molar-refractivity contribution in [3.05, 3.63) is 70.9 Å². The Hall–Kier alpha value is -3.65. The second-order valence-corrected chi connectivity index (χ2v) is 11.2. The fourth-order valence-electron chi connectivity index (χ4n) is 5.83. The van der Waals surface area contributed by atoms with Crippen LogP contribution < -0.4 is 10.6 Å². The summed E-state index contributed by atoms with van der Waals surface area (Å²) in [5.74, 6) is -0.476. The van der Waals surface area contributed by atoms with Gasteiger partial charge in [0.15, 0.2) is 0 Å². The molecular formula is C31H38N4O4. The first-order valence-corrected chi connectivity index (χ1v) is 14.0. The molecule has 3 N–H and O–H groups in total. The van der Waals surface area contributed by atoms with Crippen molar-refractivity contribution in [2.75, 3.05) is 13.2 Å². The van der Waals surface area contributed by atoms with Crippen LogP contribution in [0.25, 0.3) is 10.9 Å².